The van der Waals surface area contributed by atoms with Gasteiger partial charge in [0.2, 0.25) is 0 Å². The SMILES string of the molecule is O=C1C(=Cc2c(N3CCN(Cc4ccccc4)CC3)nc3ccccn3c2=O)SC(=S)N1C1CCCC1. The smallest absolute Gasteiger partial charge is 0.267 e. The fraction of sp³-hybridized carbons (Fsp3) is 0.357. The number of hydrogen-bond acceptors (Lipinski definition) is 7. The van der Waals surface area contributed by atoms with Gasteiger partial charge in [0.15, 0.2) is 0 Å². The van der Waals surface area contributed by atoms with Crippen LogP contribution in [0.25, 0.3) is 11.7 Å². The van der Waals surface area contributed by atoms with Crippen molar-refractivity contribution < 1.29 is 4.79 Å². The summed E-state index contributed by atoms with van der Waals surface area (Å²) in [5.74, 6) is 0.555. The second-order valence-electron chi connectivity index (χ2n) is 9.82. The molecule has 0 radical (unpaired) electrons. The lowest BCUT2D eigenvalue weighted by Crippen LogP contribution is -2.47. The molecule has 3 aromatic rings. The number of fused-ring (bicyclic) bond motifs is 1. The Morgan fingerprint density at radius 2 is 1.70 bits per heavy atom. The van der Waals surface area contributed by atoms with Crippen LogP contribution in [-0.4, -0.2) is 61.6 Å². The van der Waals surface area contributed by atoms with Crippen LogP contribution in [0.3, 0.4) is 0 Å². The molecule has 1 amide bonds. The molecule has 1 aromatic carbocycles. The van der Waals surface area contributed by atoms with Crippen molar-refractivity contribution in [3.63, 3.8) is 0 Å². The van der Waals surface area contributed by atoms with Crippen molar-refractivity contribution >= 4 is 51.7 Å². The van der Waals surface area contributed by atoms with Gasteiger partial charge in [-0.15, -0.1) is 0 Å². The van der Waals surface area contributed by atoms with Crippen molar-refractivity contribution in [1.82, 2.24) is 19.2 Å². The number of pyridine rings is 1. The van der Waals surface area contributed by atoms with E-state index < -0.39 is 0 Å². The van der Waals surface area contributed by atoms with E-state index in [0.29, 0.717) is 26.3 Å². The van der Waals surface area contributed by atoms with E-state index in [1.54, 1.807) is 21.6 Å². The van der Waals surface area contributed by atoms with Crippen LogP contribution in [0.5, 0.6) is 0 Å². The van der Waals surface area contributed by atoms with E-state index in [0.717, 1.165) is 58.4 Å². The first-order chi connectivity index (χ1) is 18.1. The highest BCUT2D eigenvalue weighted by molar-refractivity contribution is 8.26. The Labute approximate surface area is 225 Å². The van der Waals surface area contributed by atoms with Crippen molar-refractivity contribution in [2.24, 2.45) is 0 Å². The molecule has 190 valence electrons. The van der Waals surface area contributed by atoms with E-state index in [2.05, 4.69) is 34.1 Å². The van der Waals surface area contributed by atoms with Gasteiger partial charge >= 0.3 is 0 Å². The zero-order valence-corrected chi connectivity index (χ0v) is 22.2. The highest BCUT2D eigenvalue weighted by atomic mass is 32.2. The van der Waals surface area contributed by atoms with Gasteiger partial charge in [0.25, 0.3) is 11.5 Å². The highest BCUT2D eigenvalue weighted by Gasteiger charge is 2.38. The summed E-state index contributed by atoms with van der Waals surface area (Å²) in [5, 5.41) is 0. The molecule has 0 atom stereocenters. The summed E-state index contributed by atoms with van der Waals surface area (Å²) in [5.41, 5.74) is 2.18. The monoisotopic (exact) mass is 531 g/mol. The van der Waals surface area contributed by atoms with Crippen LogP contribution in [0.1, 0.15) is 36.8 Å². The minimum atomic E-state index is -0.168. The third kappa shape index (κ3) is 4.83. The predicted molar refractivity (Wildman–Crippen MR) is 153 cm³/mol. The standard InChI is InChI=1S/C28H29N5O2S2/c34-26-22(18-23-27(35)33(28(36)37-23)21-10-4-5-11-21)25(29-24-12-6-7-13-32(24)26)31-16-14-30(15-17-31)19-20-8-2-1-3-9-20/h1-3,6-9,12-13,18,21H,4-5,10-11,14-17,19H2. The van der Waals surface area contributed by atoms with E-state index in [9.17, 15) is 9.59 Å². The fourth-order valence-corrected chi connectivity index (χ4v) is 6.89. The summed E-state index contributed by atoms with van der Waals surface area (Å²) < 4.78 is 2.15. The van der Waals surface area contributed by atoms with Crippen LogP contribution in [0, 0.1) is 0 Å². The number of nitrogens with zero attached hydrogens (tertiary/aromatic N) is 5. The molecule has 2 aliphatic heterocycles. The number of aromatic nitrogens is 2. The predicted octanol–water partition coefficient (Wildman–Crippen LogP) is 4.16. The molecule has 0 unspecified atom stereocenters. The lowest BCUT2D eigenvalue weighted by Gasteiger charge is -2.36. The largest absolute Gasteiger partial charge is 0.353 e. The summed E-state index contributed by atoms with van der Waals surface area (Å²) in [4.78, 5) is 38.9. The average molecular weight is 532 g/mol. The molecule has 6 rings (SSSR count). The Balaban J connectivity index is 1.31. The molecular formula is C28H29N5O2S2. The minimum absolute atomic E-state index is 0.0851. The molecule has 2 saturated heterocycles. The Bertz CT molecular complexity index is 1420. The summed E-state index contributed by atoms with van der Waals surface area (Å²) in [6.07, 6.45) is 7.67. The molecule has 3 fully saturated rings. The second-order valence-corrected chi connectivity index (χ2v) is 11.5. The number of carbonyl (C=O) groups excluding carboxylic acids is 1. The number of piperazine rings is 1. The molecule has 7 nitrogen and oxygen atoms in total. The Morgan fingerprint density at radius 3 is 2.46 bits per heavy atom. The maximum Gasteiger partial charge on any atom is 0.267 e. The quantitative estimate of drug-likeness (QED) is 0.362. The summed E-state index contributed by atoms with van der Waals surface area (Å²) in [6.45, 7) is 4.15. The number of carbonyl (C=O) groups is 1. The van der Waals surface area contributed by atoms with Crippen LogP contribution in [0.4, 0.5) is 5.82 Å². The average Bonchev–Trinajstić information content (AvgIpc) is 3.54. The van der Waals surface area contributed by atoms with Crippen LogP contribution in [-0.2, 0) is 11.3 Å². The van der Waals surface area contributed by atoms with E-state index >= 15 is 0 Å². The first-order valence-electron chi connectivity index (χ1n) is 12.9. The number of thioether (sulfide) groups is 1. The number of benzene rings is 1. The molecule has 0 N–H and O–H groups in total. The van der Waals surface area contributed by atoms with Gasteiger partial charge in [-0.05, 0) is 36.6 Å². The molecule has 0 spiro atoms. The molecule has 1 aliphatic carbocycles. The third-order valence-corrected chi connectivity index (χ3v) is 8.79. The molecular weight excluding hydrogens is 502 g/mol. The van der Waals surface area contributed by atoms with Crippen LogP contribution < -0.4 is 10.5 Å². The van der Waals surface area contributed by atoms with Gasteiger partial charge in [0.1, 0.15) is 15.8 Å². The highest BCUT2D eigenvalue weighted by Crippen LogP contribution is 2.38. The van der Waals surface area contributed by atoms with E-state index in [4.69, 9.17) is 17.2 Å². The van der Waals surface area contributed by atoms with Gasteiger partial charge < -0.3 is 4.90 Å². The maximum atomic E-state index is 13.7. The molecule has 9 heteroatoms. The van der Waals surface area contributed by atoms with E-state index in [1.807, 2.05) is 24.3 Å². The van der Waals surface area contributed by atoms with Gasteiger partial charge in [-0.2, -0.15) is 0 Å². The lowest BCUT2D eigenvalue weighted by molar-refractivity contribution is -0.123. The van der Waals surface area contributed by atoms with Crippen LogP contribution in [0.15, 0.2) is 64.4 Å². The van der Waals surface area contributed by atoms with Gasteiger partial charge in [-0.1, -0.05) is 73.2 Å². The first kappa shape index (κ1) is 24.3. The van der Waals surface area contributed by atoms with Gasteiger partial charge in [0.05, 0.1) is 10.5 Å². The fourth-order valence-electron chi connectivity index (χ4n) is 5.51. The maximum absolute atomic E-state index is 13.7. The lowest BCUT2D eigenvalue weighted by atomic mass is 10.1. The molecule has 3 aliphatic rings. The molecule has 2 aromatic heterocycles. The van der Waals surface area contributed by atoms with Crippen molar-refractivity contribution in [3.8, 4) is 0 Å². The van der Waals surface area contributed by atoms with Crippen LogP contribution >= 0.6 is 24.0 Å². The van der Waals surface area contributed by atoms with E-state index in [-0.39, 0.29) is 17.5 Å². The number of rotatable bonds is 5. The normalized spacial score (nSPS) is 20.6. The molecule has 4 heterocycles. The Hall–Kier alpha value is -3.01. The summed E-state index contributed by atoms with van der Waals surface area (Å²) >= 11 is 6.90. The van der Waals surface area contributed by atoms with Gasteiger partial charge in [0, 0.05) is 45.0 Å². The summed E-state index contributed by atoms with van der Waals surface area (Å²) in [7, 11) is 0. The van der Waals surface area contributed by atoms with Crippen molar-refractivity contribution in [2.75, 3.05) is 31.1 Å². The second kappa shape index (κ2) is 10.4. The Morgan fingerprint density at radius 1 is 0.973 bits per heavy atom. The number of thiocarbonyl (C=S) groups is 1. The van der Waals surface area contributed by atoms with Gasteiger partial charge in [-0.25, -0.2) is 4.98 Å². The zero-order chi connectivity index (χ0) is 25.4. The molecule has 1 saturated carbocycles. The zero-order valence-electron chi connectivity index (χ0n) is 20.6. The topological polar surface area (TPSA) is 61.2 Å². The molecule has 0 bridgehead atoms. The summed E-state index contributed by atoms with van der Waals surface area (Å²) in [6, 6.07) is 16.2. The van der Waals surface area contributed by atoms with Crippen molar-refractivity contribution in [2.45, 2.75) is 38.3 Å². The van der Waals surface area contributed by atoms with Crippen molar-refractivity contribution in [3.05, 3.63) is 81.1 Å². The first-order valence-corrected chi connectivity index (χ1v) is 14.1. The van der Waals surface area contributed by atoms with Crippen molar-refractivity contribution in [1.29, 1.82) is 0 Å². The number of hydrogen-bond donors (Lipinski definition) is 0. The van der Waals surface area contributed by atoms with Crippen LogP contribution in [0.2, 0.25) is 0 Å². The van der Waals surface area contributed by atoms with E-state index in [1.165, 1.54) is 17.3 Å². The molecule has 37 heavy (non-hydrogen) atoms. The van der Waals surface area contributed by atoms with Gasteiger partial charge in [-0.3, -0.25) is 23.8 Å². The number of amides is 1. The Kier molecular flexibility index (Phi) is 6.84. The number of anilines is 1. The third-order valence-electron chi connectivity index (χ3n) is 7.46. The minimum Gasteiger partial charge on any atom is -0.353 e.